The Morgan fingerprint density at radius 2 is 1.78 bits per heavy atom. The minimum atomic E-state index is -3.22. The SMILES string of the molecule is O=C1NC2CC(S(=O)(=O)CC3CCCCC3)CCC2C(=O)N1O. The van der Waals surface area contributed by atoms with E-state index < -0.39 is 39.0 Å². The first kappa shape index (κ1) is 16.7. The number of urea groups is 1. The zero-order valence-corrected chi connectivity index (χ0v) is 13.9. The van der Waals surface area contributed by atoms with Crippen molar-refractivity contribution < 1.29 is 23.2 Å². The Balaban J connectivity index is 1.66. The van der Waals surface area contributed by atoms with Gasteiger partial charge in [0.15, 0.2) is 9.84 Å². The third kappa shape index (κ3) is 3.38. The van der Waals surface area contributed by atoms with Crippen LogP contribution in [0, 0.1) is 11.8 Å². The van der Waals surface area contributed by atoms with Gasteiger partial charge < -0.3 is 5.32 Å². The number of imide groups is 1. The number of nitrogens with one attached hydrogen (secondary N) is 1. The van der Waals surface area contributed by atoms with Gasteiger partial charge in [0.05, 0.1) is 16.9 Å². The maximum absolute atomic E-state index is 12.7. The van der Waals surface area contributed by atoms with E-state index in [4.69, 9.17) is 0 Å². The van der Waals surface area contributed by atoms with Gasteiger partial charge >= 0.3 is 6.03 Å². The Labute approximate surface area is 136 Å². The summed E-state index contributed by atoms with van der Waals surface area (Å²) in [6, 6.07) is -1.35. The molecule has 2 aliphatic carbocycles. The first-order valence-corrected chi connectivity index (χ1v) is 10.1. The van der Waals surface area contributed by atoms with E-state index in [0.717, 1.165) is 25.7 Å². The summed E-state index contributed by atoms with van der Waals surface area (Å²) in [7, 11) is -3.22. The van der Waals surface area contributed by atoms with E-state index in [1.165, 1.54) is 6.42 Å². The van der Waals surface area contributed by atoms with Crippen LogP contribution in [0.2, 0.25) is 0 Å². The van der Waals surface area contributed by atoms with Crippen molar-refractivity contribution in [1.82, 2.24) is 10.4 Å². The highest BCUT2D eigenvalue weighted by Gasteiger charge is 2.46. The molecular weight excluding hydrogens is 320 g/mol. The van der Waals surface area contributed by atoms with Crippen LogP contribution in [0.4, 0.5) is 4.79 Å². The van der Waals surface area contributed by atoms with Gasteiger partial charge in [0.2, 0.25) is 0 Å². The second kappa shape index (κ2) is 6.39. The number of carbonyl (C=O) groups is 2. The van der Waals surface area contributed by atoms with Crippen molar-refractivity contribution in [2.24, 2.45) is 11.8 Å². The highest BCUT2D eigenvalue weighted by Crippen LogP contribution is 2.34. The molecular formula is C15H24N2O5S. The van der Waals surface area contributed by atoms with E-state index in [0.29, 0.717) is 12.8 Å². The van der Waals surface area contributed by atoms with Crippen LogP contribution in [0.1, 0.15) is 51.4 Å². The van der Waals surface area contributed by atoms with E-state index in [-0.39, 0.29) is 23.2 Å². The van der Waals surface area contributed by atoms with Crippen molar-refractivity contribution in [3.63, 3.8) is 0 Å². The van der Waals surface area contributed by atoms with Crippen molar-refractivity contribution in [2.45, 2.75) is 62.7 Å². The highest BCUT2D eigenvalue weighted by atomic mass is 32.2. The summed E-state index contributed by atoms with van der Waals surface area (Å²) in [6.07, 6.45) is 6.43. The number of rotatable bonds is 3. The molecule has 0 radical (unpaired) electrons. The molecule has 1 aliphatic heterocycles. The smallest absolute Gasteiger partial charge is 0.332 e. The summed E-state index contributed by atoms with van der Waals surface area (Å²) < 4.78 is 25.4. The Kier molecular flexibility index (Phi) is 4.64. The summed E-state index contributed by atoms with van der Waals surface area (Å²) in [5.41, 5.74) is 0. The normalized spacial score (nSPS) is 33.3. The quantitative estimate of drug-likeness (QED) is 0.754. The maximum Gasteiger partial charge on any atom is 0.348 e. The number of amides is 3. The second-order valence-electron chi connectivity index (χ2n) is 7.08. The van der Waals surface area contributed by atoms with Crippen LogP contribution in [-0.2, 0) is 14.6 Å². The van der Waals surface area contributed by atoms with Crippen molar-refractivity contribution in [1.29, 1.82) is 0 Å². The van der Waals surface area contributed by atoms with Gasteiger partial charge in [0.25, 0.3) is 5.91 Å². The van der Waals surface area contributed by atoms with Gasteiger partial charge in [0.1, 0.15) is 0 Å². The molecule has 0 bridgehead atoms. The standard InChI is InChI=1S/C15H24N2O5S/c18-14-12-7-6-11(8-13(12)16-15(19)17(14)20)23(21,22)9-10-4-2-1-3-5-10/h10-13,20H,1-9H2,(H,16,19). The largest absolute Gasteiger partial charge is 0.348 e. The molecule has 2 saturated carbocycles. The molecule has 3 fully saturated rings. The van der Waals surface area contributed by atoms with Crippen LogP contribution in [0.3, 0.4) is 0 Å². The van der Waals surface area contributed by atoms with Crippen molar-refractivity contribution in [2.75, 3.05) is 5.75 Å². The third-order valence-corrected chi connectivity index (χ3v) is 7.91. The summed E-state index contributed by atoms with van der Waals surface area (Å²) in [6.45, 7) is 0. The fourth-order valence-corrected chi connectivity index (χ4v) is 6.47. The molecule has 23 heavy (non-hydrogen) atoms. The lowest BCUT2D eigenvalue weighted by Crippen LogP contribution is -2.61. The zero-order valence-electron chi connectivity index (χ0n) is 13.1. The monoisotopic (exact) mass is 344 g/mol. The number of hydrogen-bond acceptors (Lipinski definition) is 5. The lowest BCUT2D eigenvalue weighted by Gasteiger charge is -2.40. The molecule has 0 aromatic rings. The zero-order chi connectivity index (χ0) is 16.6. The number of carbonyl (C=O) groups excluding carboxylic acids is 2. The van der Waals surface area contributed by atoms with Crippen LogP contribution >= 0.6 is 0 Å². The molecule has 2 N–H and O–H groups in total. The van der Waals surface area contributed by atoms with E-state index in [1.54, 1.807) is 0 Å². The molecule has 130 valence electrons. The molecule has 3 atom stereocenters. The highest BCUT2D eigenvalue weighted by molar-refractivity contribution is 7.92. The Bertz CT molecular complexity index is 585. The fraction of sp³-hybridized carbons (Fsp3) is 0.867. The Morgan fingerprint density at radius 3 is 2.48 bits per heavy atom. The van der Waals surface area contributed by atoms with Crippen molar-refractivity contribution in [3.8, 4) is 0 Å². The molecule has 3 aliphatic rings. The first-order chi connectivity index (χ1) is 10.9. The topological polar surface area (TPSA) is 104 Å². The van der Waals surface area contributed by atoms with Gasteiger partial charge in [-0.3, -0.25) is 10.0 Å². The molecule has 8 heteroatoms. The predicted molar refractivity (Wildman–Crippen MR) is 82.4 cm³/mol. The molecule has 0 aromatic carbocycles. The summed E-state index contributed by atoms with van der Waals surface area (Å²) in [5.74, 6) is -0.661. The van der Waals surface area contributed by atoms with Gasteiger partial charge in [-0.05, 0) is 38.0 Å². The Hall–Kier alpha value is -1.15. The minimum absolute atomic E-state index is 0.109. The predicted octanol–water partition coefficient (Wildman–Crippen LogP) is 1.46. The van der Waals surface area contributed by atoms with Crippen LogP contribution in [0.25, 0.3) is 0 Å². The molecule has 3 amide bonds. The molecule has 0 spiro atoms. The summed E-state index contributed by atoms with van der Waals surface area (Å²) in [5, 5.41) is 11.5. The van der Waals surface area contributed by atoms with Crippen LogP contribution in [-0.4, -0.2) is 47.7 Å². The minimum Gasteiger partial charge on any atom is -0.332 e. The number of nitrogens with zero attached hydrogens (tertiary/aromatic N) is 1. The average molecular weight is 344 g/mol. The van der Waals surface area contributed by atoms with Gasteiger partial charge in [-0.25, -0.2) is 13.2 Å². The lowest BCUT2D eigenvalue weighted by molar-refractivity contribution is -0.163. The van der Waals surface area contributed by atoms with E-state index in [1.807, 2.05) is 0 Å². The van der Waals surface area contributed by atoms with Crippen molar-refractivity contribution in [3.05, 3.63) is 0 Å². The van der Waals surface area contributed by atoms with Crippen molar-refractivity contribution >= 4 is 21.8 Å². The molecule has 7 nitrogen and oxygen atoms in total. The van der Waals surface area contributed by atoms with E-state index in [2.05, 4.69) is 5.32 Å². The Morgan fingerprint density at radius 1 is 1.09 bits per heavy atom. The molecule has 0 aromatic heterocycles. The second-order valence-corrected chi connectivity index (χ2v) is 9.41. The lowest BCUT2D eigenvalue weighted by atomic mass is 9.82. The molecule has 3 unspecified atom stereocenters. The van der Waals surface area contributed by atoms with Gasteiger partial charge in [-0.1, -0.05) is 19.3 Å². The van der Waals surface area contributed by atoms with Crippen LogP contribution in [0.5, 0.6) is 0 Å². The maximum atomic E-state index is 12.7. The number of sulfone groups is 1. The molecule has 1 heterocycles. The summed E-state index contributed by atoms with van der Waals surface area (Å²) in [4.78, 5) is 23.4. The van der Waals surface area contributed by atoms with Crippen LogP contribution in [0.15, 0.2) is 0 Å². The van der Waals surface area contributed by atoms with E-state index >= 15 is 0 Å². The third-order valence-electron chi connectivity index (χ3n) is 5.53. The van der Waals surface area contributed by atoms with Gasteiger partial charge in [0, 0.05) is 6.04 Å². The van der Waals surface area contributed by atoms with Gasteiger partial charge in [-0.15, -0.1) is 5.06 Å². The molecule has 3 rings (SSSR count). The number of fused-ring (bicyclic) bond motifs is 1. The first-order valence-electron chi connectivity index (χ1n) is 8.43. The summed E-state index contributed by atoms with van der Waals surface area (Å²) >= 11 is 0. The number of hydrogen-bond donors (Lipinski definition) is 2. The van der Waals surface area contributed by atoms with Crippen LogP contribution < -0.4 is 5.32 Å². The fourth-order valence-electron chi connectivity index (χ4n) is 4.21. The molecule has 1 saturated heterocycles. The number of hydroxylamine groups is 2. The average Bonchev–Trinajstić information content (AvgIpc) is 2.53. The van der Waals surface area contributed by atoms with Gasteiger partial charge in [-0.2, -0.15) is 0 Å². The van der Waals surface area contributed by atoms with E-state index in [9.17, 15) is 23.2 Å².